The molecule has 0 radical (unpaired) electrons. The summed E-state index contributed by atoms with van der Waals surface area (Å²) in [5.74, 6) is 0. The largest absolute Gasteiger partial charge is 0.368 e. The maximum atomic E-state index is 5.54. The Morgan fingerprint density at radius 2 is 1.50 bits per heavy atom. The minimum absolute atomic E-state index is 0.162. The third-order valence-electron chi connectivity index (χ3n) is 1.48. The molecular weight excluding hydrogens is 156 g/mol. The Labute approximate surface area is 74.0 Å². The molecule has 1 rings (SSSR count). The Morgan fingerprint density at radius 3 is 1.75 bits per heavy atom. The number of epoxide rings is 1. The van der Waals surface area contributed by atoms with Gasteiger partial charge in [-0.1, -0.05) is 0 Å². The lowest BCUT2D eigenvalue weighted by molar-refractivity contribution is -0.189. The molecule has 0 bridgehead atoms. The Hall–Kier alpha value is -0.120. The van der Waals surface area contributed by atoms with Gasteiger partial charge in [0, 0.05) is 0 Å². The number of hydrogen-bond donors (Lipinski definition) is 0. The van der Waals surface area contributed by atoms with Gasteiger partial charge in [0.15, 0.2) is 6.29 Å². The Balaban J connectivity index is 2.27. The summed E-state index contributed by atoms with van der Waals surface area (Å²) in [4.78, 5) is 0. The normalized spacial score (nSPS) is 22.8. The first-order valence-corrected chi connectivity index (χ1v) is 4.52. The van der Waals surface area contributed by atoms with Crippen LogP contribution < -0.4 is 0 Å². The van der Waals surface area contributed by atoms with E-state index in [0.29, 0.717) is 0 Å². The monoisotopic (exact) mass is 174 g/mol. The molecule has 0 amide bonds. The molecule has 1 fully saturated rings. The van der Waals surface area contributed by atoms with Crippen LogP contribution in [0.1, 0.15) is 27.7 Å². The van der Waals surface area contributed by atoms with Crippen molar-refractivity contribution in [3.63, 3.8) is 0 Å². The minimum atomic E-state index is -0.176. The van der Waals surface area contributed by atoms with Gasteiger partial charge in [-0.15, -0.1) is 0 Å². The number of hydrogen-bond acceptors (Lipinski definition) is 3. The Kier molecular flexibility index (Phi) is 3.50. The first kappa shape index (κ1) is 9.96. The minimum Gasteiger partial charge on any atom is -0.368 e. The summed E-state index contributed by atoms with van der Waals surface area (Å²) < 4.78 is 16.2. The smallest absolute Gasteiger partial charge is 0.186 e. The molecule has 0 aromatic carbocycles. The van der Waals surface area contributed by atoms with Crippen molar-refractivity contribution in [2.24, 2.45) is 0 Å². The molecule has 1 saturated heterocycles. The molecule has 72 valence electrons. The van der Waals surface area contributed by atoms with Gasteiger partial charge < -0.3 is 14.2 Å². The molecule has 1 heterocycles. The summed E-state index contributed by atoms with van der Waals surface area (Å²) in [5.41, 5.74) is 0. The van der Waals surface area contributed by atoms with E-state index < -0.39 is 0 Å². The molecule has 12 heavy (non-hydrogen) atoms. The van der Waals surface area contributed by atoms with E-state index in [2.05, 4.69) is 0 Å². The summed E-state index contributed by atoms with van der Waals surface area (Å²) in [5, 5.41) is 0. The molecule has 0 saturated carbocycles. The zero-order valence-electron chi connectivity index (χ0n) is 8.24. The van der Waals surface area contributed by atoms with Crippen LogP contribution in [0.25, 0.3) is 0 Å². The van der Waals surface area contributed by atoms with Gasteiger partial charge in [-0.3, -0.25) is 0 Å². The molecule has 0 aromatic rings. The predicted molar refractivity (Wildman–Crippen MR) is 46.0 cm³/mol. The van der Waals surface area contributed by atoms with E-state index in [1.807, 2.05) is 27.7 Å². The van der Waals surface area contributed by atoms with Gasteiger partial charge in [-0.2, -0.15) is 0 Å². The average molecular weight is 174 g/mol. The molecular formula is C9H18O3. The summed E-state index contributed by atoms with van der Waals surface area (Å²) in [6.07, 6.45) is 0.371. The van der Waals surface area contributed by atoms with Crippen molar-refractivity contribution in [1.82, 2.24) is 0 Å². The van der Waals surface area contributed by atoms with Crippen LogP contribution in [-0.2, 0) is 14.2 Å². The van der Waals surface area contributed by atoms with Gasteiger partial charge in [0.1, 0.15) is 6.10 Å². The van der Waals surface area contributed by atoms with Gasteiger partial charge in [0.2, 0.25) is 0 Å². The highest BCUT2D eigenvalue weighted by molar-refractivity contribution is 4.74. The number of rotatable bonds is 5. The van der Waals surface area contributed by atoms with E-state index in [0.717, 1.165) is 6.61 Å². The zero-order chi connectivity index (χ0) is 9.14. The van der Waals surface area contributed by atoms with Gasteiger partial charge in [0.25, 0.3) is 0 Å². The van der Waals surface area contributed by atoms with Crippen molar-refractivity contribution < 1.29 is 14.2 Å². The summed E-state index contributed by atoms with van der Waals surface area (Å²) in [6, 6.07) is 0. The van der Waals surface area contributed by atoms with Gasteiger partial charge in [-0.05, 0) is 27.7 Å². The third-order valence-corrected chi connectivity index (χ3v) is 1.48. The maximum absolute atomic E-state index is 5.54. The van der Waals surface area contributed by atoms with E-state index in [4.69, 9.17) is 14.2 Å². The second-order valence-electron chi connectivity index (χ2n) is 3.61. The van der Waals surface area contributed by atoms with Gasteiger partial charge >= 0.3 is 0 Å². The van der Waals surface area contributed by atoms with Crippen molar-refractivity contribution in [3.05, 3.63) is 0 Å². The maximum Gasteiger partial charge on any atom is 0.186 e. The third kappa shape index (κ3) is 3.52. The van der Waals surface area contributed by atoms with Gasteiger partial charge in [0.05, 0.1) is 18.8 Å². The van der Waals surface area contributed by atoms with E-state index in [9.17, 15) is 0 Å². The van der Waals surface area contributed by atoms with E-state index in [-0.39, 0.29) is 24.6 Å². The molecule has 3 heteroatoms. The molecule has 3 nitrogen and oxygen atoms in total. The lowest BCUT2D eigenvalue weighted by atomic mass is 10.4. The first-order chi connectivity index (χ1) is 5.59. The molecule has 0 aliphatic carbocycles. The van der Waals surface area contributed by atoms with Crippen LogP contribution in [0.15, 0.2) is 0 Å². The summed E-state index contributed by atoms with van der Waals surface area (Å²) in [6.45, 7) is 8.76. The van der Waals surface area contributed by atoms with Crippen LogP contribution in [0.4, 0.5) is 0 Å². The van der Waals surface area contributed by atoms with Crippen LogP contribution >= 0.6 is 0 Å². The lowest BCUT2D eigenvalue weighted by Gasteiger charge is -2.21. The fourth-order valence-electron chi connectivity index (χ4n) is 0.957. The second kappa shape index (κ2) is 4.21. The molecule has 0 spiro atoms. The predicted octanol–water partition coefficient (Wildman–Crippen LogP) is 1.56. The van der Waals surface area contributed by atoms with Crippen molar-refractivity contribution in [2.45, 2.75) is 52.3 Å². The summed E-state index contributed by atoms with van der Waals surface area (Å²) in [7, 11) is 0. The fourth-order valence-corrected chi connectivity index (χ4v) is 0.957. The molecule has 0 N–H and O–H groups in total. The molecule has 0 aromatic heterocycles. The lowest BCUT2D eigenvalue weighted by Crippen LogP contribution is -2.29. The fraction of sp³-hybridized carbons (Fsp3) is 1.00. The standard InChI is InChI=1S/C9H18O3/c1-6(2)11-9(8-5-10-8)12-7(3)4/h6-9H,5H2,1-4H3. The van der Waals surface area contributed by atoms with Crippen molar-refractivity contribution in [1.29, 1.82) is 0 Å². The second-order valence-corrected chi connectivity index (χ2v) is 3.61. The average Bonchev–Trinajstić information content (AvgIpc) is 2.63. The van der Waals surface area contributed by atoms with Crippen LogP contribution in [0, 0.1) is 0 Å². The zero-order valence-corrected chi connectivity index (χ0v) is 8.24. The van der Waals surface area contributed by atoms with E-state index in [1.54, 1.807) is 0 Å². The van der Waals surface area contributed by atoms with Crippen molar-refractivity contribution in [3.8, 4) is 0 Å². The number of ether oxygens (including phenoxy) is 3. The van der Waals surface area contributed by atoms with Crippen LogP contribution in [-0.4, -0.2) is 31.2 Å². The molecule has 1 aliphatic rings. The Morgan fingerprint density at radius 1 is 1.08 bits per heavy atom. The van der Waals surface area contributed by atoms with Crippen molar-refractivity contribution >= 4 is 0 Å². The van der Waals surface area contributed by atoms with E-state index >= 15 is 0 Å². The first-order valence-electron chi connectivity index (χ1n) is 4.52. The van der Waals surface area contributed by atoms with Crippen LogP contribution in [0.2, 0.25) is 0 Å². The van der Waals surface area contributed by atoms with Crippen LogP contribution in [0.3, 0.4) is 0 Å². The highest BCUT2D eigenvalue weighted by Crippen LogP contribution is 2.20. The summed E-state index contributed by atoms with van der Waals surface area (Å²) >= 11 is 0. The van der Waals surface area contributed by atoms with Crippen LogP contribution in [0.5, 0.6) is 0 Å². The Bertz CT molecular complexity index is 120. The SMILES string of the molecule is CC(C)OC(OC(C)C)C1CO1. The van der Waals surface area contributed by atoms with Crippen molar-refractivity contribution in [2.75, 3.05) is 6.61 Å². The quantitative estimate of drug-likeness (QED) is 0.468. The molecule has 1 atom stereocenters. The van der Waals surface area contributed by atoms with E-state index in [1.165, 1.54) is 0 Å². The highest BCUT2D eigenvalue weighted by atomic mass is 16.7. The molecule has 1 unspecified atom stereocenters. The highest BCUT2D eigenvalue weighted by Gasteiger charge is 2.35. The molecule has 1 aliphatic heterocycles. The topological polar surface area (TPSA) is 31.0 Å². The van der Waals surface area contributed by atoms with Gasteiger partial charge in [-0.25, -0.2) is 0 Å².